The molecule has 2 aliphatic rings. The molecule has 2 fully saturated rings. The summed E-state index contributed by atoms with van der Waals surface area (Å²) in [5.74, 6) is -0.108. The molecule has 0 bridgehead atoms. The molecule has 110 valence electrons. The average molecular weight is 280 g/mol. The predicted octanol–water partition coefficient (Wildman–Crippen LogP) is 1.44. The summed E-state index contributed by atoms with van der Waals surface area (Å²) in [6.45, 7) is 6.24. The number of hydrogen-bond acceptors (Lipinski definition) is 4. The van der Waals surface area contributed by atoms with Gasteiger partial charge in [0.25, 0.3) is 0 Å². The van der Waals surface area contributed by atoms with E-state index in [-0.39, 0.29) is 11.6 Å². The van der Waals surface area contributed by atoms with Crippen LogP contribution in [0.15, 0.2) is 18.2 Å². The Balaban J connectivity index is 1.58. The van der Waals surface area contributed by atoms with Crippen molar-refractivity contribution in [3.63, 3.8) is 0 Å². The van der Waals surface area contributed by atoms with Gasteiger partial charge in [0.1, 0.15) is 11.6 Å². The van der Waals surface area contributed by atoms with Gasteiger partial charge in [-0.2, -0.15) is 0 Å². The van der Waals surface area contributed by atoms with Gasteiger partial charge in [-0.05, 0) is 24.6 Å². The second kappa shape index (κ2) is 6.08. The van der Waals surface area contributed by atoms with Crippen LogP contribution in [0.3, 0.4) is 0 Å². The van der Waals surface area contributed by atoms with Crippen molar-refractivity contribution in [3.05, 3.63) is 29.6 Å². The van der Waals surface area contributed by atoms with Crippen molar-refractivity contribution < 1.29 is 14.2 Å². The fourth-order valence-corrected chi connectivity index (χ4v) is 3.12. The summed E-state index contributed by atoms with van der Waals surface area (Å²) < 4.78 is 18.6. The van der Waals surface area contributed by atoms with Crippen molar-refractivity contribution in [2.24, 2.45) is 0 Å². The van der Waals surface area contributed by atoms with E-state index < -0.39 is 0 Å². The number of halogens is 1. The van der Waals surface area contributed by atoms with E-state index in [2.05, 4.69) is 9.80 Å². The van der Waals surface area contributed by atoms with Gasteiger partial charge in [0.05, 0.1) is 13.2 Å². The van der Waals surface area contributed by atoms with E-state index in [0.717, 1.165) is 45.8 Å². The van der Waals surface area contributed by atoms with Gasteiger partial charge in [-0.15, -0.1) is 0 Å². The maximum atomic E-state index is 13.2. The third kappa shape index (κ3) is 3.11. The minimum Gasteiger partial charge on any atom is -0.508 e. The number of rotatable bonds is 3. The second-order valence-electron chi connectivity index (χ2n) is 5.60. The molecule has 4 nitrogen and oxygen atoms in total. The van der Waals surface area contributed by atoms with Gasteiger partial charge in [0, 0.05) is 44.3 Å². The Hall–Kier alpha value is -1.17. The van der Waals surface area contributed by atoms with Crippen molar-refractivity contribution in [2.45, 2.75) is 19.0 Å². The van der Waals surface area contributed by atoms with Crippen molar-refractivity contribution >= 4 is 0 Å². The number of phenolic OH excluding ortho intramolecular Hbond substituents is 1. The summed E-state index contributed by atoms with van der Waals surface area (Å²) in [5, 5.41) is 9.79. The van der Waals surface area contributed by atoms with E-state index in [1.165, 1.54) is 18.2 Å². The third-order valence-electron chi connectivity index (χ3n) is 4.25. The topological polar surface area (TPSA) is 35.9 Å². The van der Waals surface area contributed by atoms with E-state index in [0.29, 0.717) is 18.2 Å². The lowest BCUT2D eigenvalue weighted by molar-refractivity contribution is 0.0183. The van der Waals surface area contributed by atoms with Crippen LogP contribution in [0.25, 0.3) is 0 Å². The van der Waals surface area contributed by atoms with Crippen molar-refractivity contribution in [1.82, 2.24) is 9.80 Å². The fourth-order valence-electron chi connectivity index (χ4n) is 3.12. The Kier molecular flexibility index (Phi) is 4.19. The first-order chi connectivity index (χ1) is 9.72. The number of nitrogens with zero attached hydrogens (tertiary/aromatic N) is 2. The molecule has 5 heteroatoms. The highest BCUT2D eigenvalue weighted by atomic mass is 19.1. The Morgan fingerprint density at radius 1 is 1.25 bits per heavy atom. The molecule has 1 atom stereocenters. The minimum absolute atomic E-state index is 0.182. The third-order valence-corrected chi connectivity index (χ3v) is 4.25. The summed E-state index contributed by atoms with van der Waals surface area (Å²) in [4.78, 5) is 4.77. The molecular weight excluding hydrogens is 259 g/mol. The Morgan fingerprint density at radius 2 is 2.05 bits per heavy atom. The first-order valence-electron chi connectivity index (χ1n) is 7.24. The van der Waals surface area contributed by atoms with E-state index in [9.17, 15) is 9.50 Å². The zero-order valence-electron chi connectivity index (χ0n) is 11.6. The highest BCUT2D eigenvalue weighted by Gasteiger charge is 2.28. The number of phenols is 1. The molecule has 0 aromatic heterocycles. The number of likely N-dealkylation sites (tertiary alicyclic amines) is 1. The van der Waals surface area contributed by atoms with Gasteiger partial charge >= 0.3 is 0 Å². The largest absolute Gasteiger partial charge is 0.508 e. The molecule has 2 aliphatic heterocycles. The van der Waals surface area contributed by atoms with Crippen LogP contribution in [0.2, 0.25) is 0 Å². The standard InChI is InChI=1S/C15H21FN2O2/c16-13-1-2-15(19)12(9-13)10-17-4-3-14(11-17)18-5-7-20-8-6-18/h1-2,9,14,19H,3-8,10-11H2. The van der Waals surface area contributed by atoms with E-state index in [1.54, 1.807) is 0 Å². The normalized spacial score (nSPS) is 25.1. The van der Waals surface area contributed by atoms with Crippen LogP contribution in [-0.4, -0.2) is 60.3 Å². The summed E-state index contributed by atoms with van der Waals surface area (Å²) in [6, 6.07) is 4.71. The Labute approximate surface area is 118 Å². The van der Waals surface area contributed by atoms with Crippen LogP contribution in [0.4, 0.5) is 4.39 Å². The molecule has 20 heavy (non-hydrogen) atoms. The summed E-state index contributed by atoms with van der Waals surface area (Å²) in [6.07, 6.45) is 1.13. The maximum Gasteiger partial charge on any atom is 0.123 e. The van der Waals surface area contributed by atoms with E-state index >= 15 is 0 Å². The van der Waals surface area contributed by atoms with E-state index in [4.69, 9.17) is 4.74 Å². The van der Waals surface area contributed by atoms with Gasteiger partial charge in [-0.1, -0.05) is 0 Å². The Morgan fingerprint density at radius 3 is 2.85 bits per heavy atom. The SMILES string of the molecule is Oc1ccc(F)cc1CN1CCC(N2CCOCC2)C1. The molecule has 0 amide bonds. The highest BCUT2D eigenvalue weighted by molar-refractivity contribution is 5.32. The number of ether oxygens (including phenoxy) is 1. The molecule has 1 aromatic carbocycles. The molecule has 1 N–H and O–H groups in total. The minimum atomic E-state index is -0.290. The van der Waals surface area contributed by atoms with Crippen LogP contribution in [0.5, 0.6) is 5.75 Å². The lowest BCUT2D eigenvalue weighted by Crippen LogP contribution is -2.44. The van der Waals surface area contributed by atoms with Crippen LogP contribution in [0, 0.1) is 5.82 Å². The van der Waals surface area contributed by atoms with E-state index in [1.807, 2.05) is 0 Å². The number of benzene rings is 1. The van der Waals surface area contributed by atoms with Crippen molar-refractivity contribution in [3.8, 4) is 5.75 Å². The lowest BCUT2D eigenvalue weighted by atomic mass is 10.2. The van der Waals surface area contributed by atoms with Crippen LogP contribution in [-0.2, 0) is 11.3 Å². The zero-order chi connectivity index (χ0) is 13.9. The monoisotopic (exact) mass is 280 g/mol. The number of aromatic hydroxyl groups is 1. The molecule has 0 aliphatic carbocycles. The fraction of sp³-hybridized carbons (Fsp3) is 0.600. The zero-order valence-corrected chi connectivity index (χ0v) is 11.6. The van der Waals surface area contributed by atoms with Gasteiger partial charge in [-0.3, -0.25) is 9.80 Å². The summed E-state index contributed by atoms with van der Waals surface area (Å²) in [7, 11) is 0. The molecule has 2 heterocycles. The molecule has 1 unspecified atom stereocenters. The summed E-state index contributed by atoms with van der Waals surface area (Å²) >= 11 is 0. The average Bonchev–Trinajstić information content (AvgIpc) is 2.92. The van der Waals surface area contributed by atoms with Gasteiger partial charge in [0.2, 0.25) is 0 Å². The van der Waals surface area contributed by atoms with Crippen molar-refractivity contribution in [2.75, 3.05) is 39.4 Å². The molecule has 3 rings (SSSR count). The maximum absolute atomic E-state index is 13.2. The summed E-state index contributed by atoms with van der Waals surface area (Å²) in [5.41, 5.74) is 0.674. The molecule has 2 saturated heterocycles. The van der Waals surface area contributed by atoms with Crippen molar-refractivity contribution in [1.29, 1.82) is 0 Å². The molecular formula is C15H21FN2O2. The van der Waals surface area contributed by atoms with Crippen LogP contribution >= 0.6 is 0 Å². The van der Waals surface area contributed by atoms with Gasteiger partial charge in [-0.25, -0.2) is 4.39 Å². The van der Waals surface area contributed by atoms with Crippen LogP contribution < -0.4 is 0 Å². The smallest absolute Gasteiger partial charge is 0.123 e. The molecule has 0 radical (unpaired) electrons. The first-order valence-corrected chi connectivity index (χ1v) is 7.24. The molecule has 0 saturated carbocycles. The Bertz CT molecular complexity index is 463. The quantitative estimate of drug-likeness (QED) is 0.909. The van der Waals surface area contributed by atoms with Crippen LogP contribution in [0.1, 0.15) is 12.0 Å². The predicted molar refractivity (Wildman–Crippen MR) is 74.1 cm³/mol. The molecule has 0 spiro atoms. The molecule has 1 aromatic rings. The number of morpholine rings is 1. The van der Waals surface area contributed by atoms with Gasteiger partial charge in [0.15, 0.2) is 0 Å². The second-order valence-corrected chi connectivity index (χ2v) is 5.60. The lowest BCUT2D eigenvalue weighted by Gasteiger charge is -2.32. The first kappa shape index (κ1) is 13.8. The number of hydrogen-bond donors (Lipinski definition) is 1. The van der Waals surface area contributed by atoms with Gasteiger partial charge < -0.3 is 9.84 Å². The highest BCUT2D eigenvalue weighted by Crippen LogP contribution is 2.23.